The van der Waals surface area contributed by atoms with Crippen LogP contribution in [0, 0.1) is 5.92 Å². The van der Waals surface area contributed by atoms with Gasteiger partial charge in [-0.15, -0.1) is 11.3 Å². The lowest BCUT2D eigenvalue weighted by molar-refractivity contribution is 0.260. The van der Waals surface area contributed by atoms with E-state index in [4.69, 9.17) is 11.6 Å². The Balaban J connectivity index is 1.94. The van der Waals surface area contributed by atoms with Crippen LogP contribution in [0.2, 0.25) is 5.15 Å². The van der Waals surface area contributed by atoms with Gasteiger partial charge in [0.05, 0.1) is 0 Å². The number of aromatic nitrogens is 2. The van der Waals surface area contributed by atoms with Gasteiger partial charge in [0.1, 0.15) is 0 Å². The van der Waals surface area contributed by atoms with Crippen molar-refractivity contribution in [3.8, 4) is 0 Å². The van der Waals surface area contributed by atoms with E-state index in [2.05, 4.69) is 9.71 Å². The van der Waals surface area contributed by atoms with Crippen molar-refractivity contribution in [1.82, 2.24) is 14.1 Å². The van der Waals surface area contributed by atoms with Gasteiger partial charge >= 0.3 is 0 Å². The van der Waals surface area contributed by atoms with Crippen LogP contribution in [0.3, 0.4) is 0 Å². The van der Waals surface area contributed by atoms with E-state index in [0.717, 1.165) is 12.8 Å². The van der Waals surface area contributed by atoms with Crippen molar-refractivity contribution in [2.75, 3.05) is 0 Å². The second kappa shape index (κ2) is 4.73. The van der Waals surface area contributed by atoms with E-state index < -0.39 is 10.0 Å². The van der Waals surface area contributed by atoms with Crippen LogP contribution in [0.5, 0.6) is 0 Å². The summed E-state index contributed by atoms with van der Waals surface area (Å²) in [6.07, 6.45) is 5.01. The fraction of sp³-hybridized carbons (Fsp3) is 0.545. The Morgan fingerprint density at radius 1 is 1.58 bits per heavy atom. The third-order valence-corrected chi connectivity index (χ3v) is 6.34. The van der Waals surface area contributed by atoms with Crippen LogP contribution in [0.4, 0.5) is 0 Å². The molecule has 5 nitrogen and oxygen atoms in total. The number of sulfonamides is 1. The zero-order chi connectivity index (χ0) is 13.6. The number of hydrogen-bond acceptors (Lipinski definition) is 4. The van der Waals surface area contributed by atoms with Gasteiger partial charge in [-0.25, -0.2) is 18.1 Å². The number of halogens is 1. The van der Waals surface area contributed by atoms with Crippen LogP contribution in [0.1, 0.15) is 26.2 Å². The fourth-order valence-corrected chi connectivity index (χ4v) is 5.08. The number of imidazole rings is 1. The van der Waals surface area contributed by atoms with E-state index in [9.17, 15) is 8.42 Å². The largest absolute Gasteiger partial charge is 0.279 e. The Morgan fingerprint density at radius 2 is 2.32 bits per heavy atom. The average Bonchev–Trinajstić information content (AvgIpc) is 2.71. The molecule has 1 atom stereocenters. The van der Waals surface area contributed by atoms with Gasteiger partial charge in [-0.3, -0.25) is 4.40 Å². The standard InChI is InChI=1S/C11H14ClN3O2S2/c1-7(8-3-2-4-8)14-19(16,17)10-9(12)13-11-15(10)5-6-18-11/h5-8,14H,2-4H2,1H3. The lowest BCUT2D eigenvalue weighted by atomic mass is 9.81. The zero-order valence-electron chi connectivity index (χ0n) is 10.3. The molecular formula is C11H14ClN3O2S2. The first kappa shape index (κ1) is 13.4. The smallest absolute Gasteiger partial charge is 0.260 e. The monoisotopic (exact) mass is 319 g/mol. The number of nitrogens with one attached hydrogen (secondary N) is 1. The maximum atomic E-state index is 12.4. The third kappa shape index (κ3) is 2.29. The van der Waals surface area contributed by atoms with Crippen LogP contribution in [-0.4, -0.2) is 23.8 Å². The summed E-state index contributed by atoms with van der Waals surface area (Å²) in [6.45, 7) is 1.90. The molecule has 2 aromatic rings. The molecule has 0 aliphatic heterocycles. The lowest BCUT2D eigenvalue weighted by Gasteiger charge is -2.31. The highest BCUT2D eigenvalue weighted by Gasteiger charge is 2.31. The first-order valence-corrected chi connectivity index (χ1v) is 8.86. The molecule has 0 radical (unpaired) electrons. The number of rotatable bonds is 4. The Kier molecular flexibility index (Phi) is 3.33. The summed E-state index contributed by atoms with van der Waals surface area (Å²) in [4.78, 5) is 4.64. The first-order valence-electron chi connectivity index (χ1n) is 6.12. The van der Waals surface area contributed by atoms with Crippen molar-refractivity contribution in [2.45, 2.75) is 37.3 Å². The summed E-state index contributed by atoms with van der Waals surface area (Å²) in [7, 11) is -3.64. The van der Waals surface area contributed by atoms with Gasteiger partial charge in [0.2, 0.25) is 0 Å². The number of nitrogens with zero attached hydrogens (tertiary/aromatic N) is 2. The molecule has 1 fully saturated rings. The highest BCUT2D eigenvalue weighted by Crippen LogP contribution is 2.31. The fourth-order valence-electron chi connectivity index (χ4n) is 2.32. The van der Waals surface area contributed by atoms with Crippen LogP contribution >= 0.6 is 22.9 Å². The van der Waals surface area contributed by atoms with Crippen molar-refractivity contribution in [3.05, 3.63) is 16.7 Å². The third-order valence-electron chi connectivity index (χ3n) is 3.63. The quantitative estimate of drug-likeness (QED) is 0.941. The minimum atomic E-state index is -3.64. The van der Waals surface area contributed by atoms with Crippen LogP contribution < -0.4 is 4.72 Å². The normalized spacial score (nSPS) is 18.6. The topological polar surface area (TPSA) is 63.5 Å². The van der Waals surface area contributed by atoms with Gasteiger partial charge < -0.3 is 0 Å². The van der Waals surface area contributed by atoms with Crippen molar-refractivity contribution in [1.29, 1.82) is 0 Å². The molecule has 0 amide bonds. The Morgan fingerprint density at radius 3 is 2.95 bits per heavy atom. The van der Waals surface area contributed by atoms with Crippen LogP contribution in [0.15, 0.2) is 16.6 Å². The van der Waals surface area contributed by atoms with E-state index in [1.807, 2.05) is 6.92 Å². The number of fused-ring (bicyclic) bond motifs is 1. The minimum absolute atomic E-state index is 0.0279. The van der Waals surface area contributed by atoms with Crippen molar-refractivity contribution >= 4 is 37.9 Å². The molecule has 1 N–H and O–H groups in total. The number of hydrogen-bond donors (Lipinski definition) is 1. The molecule has 3 rings (SSSR count). The van der Waals surface area contributed by atoms with Crippen LogP contribution in [0.25, 0.3) is 4.96 Å². The highest BCUT2D eigenvalue weighted by molar-refractivity contribution is 7.89. The SMILES string of the molecule is CC(NS(=O)(=O)c1c(Cl)nc2sccn12)C1CCC1. The summed E-state index contributed by atoms with van der Waals surface area (Å²) in [5.74, 6) is 0.430. The molecule has 19 heavy (non-hydrogen) atoms. The number of thiazole rings is 1. The predicted octanol–water partition coefficient (Wildman–Crippen LogP) is 2.52. The van der Waals surface area contributed by atoms with E-state index in [1.54, 1.807) is 11.6 Å². The average molecular weight is 320 g/mol. The van der Waals surface area contributed by atoms with Gasteiger partial charge in [-0.1, -0.05) is 18.0 Å². The van der Waals surface area contributed by atoms with Gasteiger partial charge in [0.15, 0.2) is 15.1 Å². The summed E-state index contributed by atoms with van der Waals surface area (Å²) in [5, 5.41) is 1.85. The van der Waals surface area contributed by atoms with E-state index in [0.29, 0.717) is 10.9 Å². The summed E-state index contributed by atoms with van der Waals surface area (Å²) in [5.41, 5.74) is 0. The van der Waals surface area contributed by atoms with E-state index in [1.165, 1.54) is 22.2 Å². The van der Waals surface area contributed by atoms with E-state index >= 15 is 0 Å². The van der Waals surface area contributed by atoms with Crippen LogP contribution in [-0.2, 0) is 10.0 Å². The Hall–Kier alpha value is -0.630. The second-order valence-electron chi connectivity index (χ2n) is 4.86. The summed E-state index contributed by atoms with van der Waals surface area (Å²) >= 11 is 7.31. The van der Waals surface area contributed by atoms with Gasteiger partial charge in [0, 0.05) is 17.6 Å². The molecular weight excluding hydrogens is 306 g/mol. The Labute approximate surface area is 120 Å². The molecule has 1 aliphatic rings. The molecule has 1 aliphatic carbocycles. The molecule has 2 heterocycles. The molecule has 0 spiro atoms. The zero-order valence-corrected chi connectivity index (χ0v) is 12.7. The summed E-state index contributed by atoms with van der Waals surface area (Å²) in [6, 6.07) is -0.0704. The minimum Gasteiger partial charge on any atom is -0.279 e. The highest BCUT2D eigenvalue weighted by atomic mass is 35.5. The van der Waals surface area contributed by atoms with Crippen molar-refractivity contribution < 1.29 is 8.42 Å². The second-order valence-corrected chi connectivity index (χ2v) is 7.72. The molecule has 8 heteroatoms. The molecule has 0 aromatic carbocycles. The molecule has 1 unspecified atom stereocenters. The Bertz CT molecular complexity index is 703. The van der Waals surface area contributed by atoms with Crippen molar-refractivity contribution in [2.24, 2.45) is 5.92 Å². The molecule has 0 saturated heterocycles. The molecule has 2 aromatic heterocycles. The predicted molar refractivity (Wildman–Crippen MR) is 75.2 cm³/mol. The van der Waals surface area contributed by atoms with E-state index in [-0.39, 0.29) is 16.2 Å². The first-order chi connectivity index (χ1) is 8.99. The maximum absolute atomic E-state index is 12.4. The van der Waals surface area contributed by atoms with Gasteiger partial charge in [-0.05, 0) is 25.7 Å². The molecule has 0 bridgehead atoms. The lowest BCUT2D eigenvalue weighted by Crippen LogP contribution is -2.41. The molecule has 1 saturated carbocycles. The van der Waals surface area contributed by atoms with Gasteiger partial charge in [0.25, 0.3) is 10.0 Å². The van der Waals surface area contributed by atoms with Crippen molar-refractivity contribution in [3.63, 3.8) is 0 Å². The maximum Gasteiger partial charge on any atom is 0.260 e. The summed E-state index contributed by atoms with van der Waals surface area (Å²) < 4.78 is 29.1. The molecule has 104 valence electrons. The van der Waals surface area contributed by atoms with Gasteiger partial charge in [-0.2, -0.15) is 0 Å².